The number of carbonyl (C=O) groups excluding carboxylic acids is 1. The summed E-state index contributed by atoms with van der Waals surface area (Å²) in [7, 11) is 0. The summed E-state index contributed by atoms with van der Waals surface area (Å²) in [5.74, 6) is 0.847. The van der Waals surface area contributed by atoms with E-state index in [1.54, 1.807) is 6.92 Å². The molecule has 1 heterocycles. The predicted octanol–water partition coefficient (Wildman–Crippen LogP) is 3.36. The minimum atomic E-state index is -0.333. The molecule has 1 aromatic heterocycles. The summed E-state index contributed by atoms with van der Waals surface area (Å²) in [4.78, 5) is 15.7. The standard InChI is InChI=1S/C14H16N2O2/c1-9(2)11-4-6-12(7-5-11)16-13(17)14-15-8-10(3)18-14/h4-9H,1-3H3,(H,16,17). The lowest BCUT2D eigenvalue weighted by Gasteiger charge is -2.07. The molecule has 0 atom stereocenters. The van der Waals surface area contributed by atoms with Crippen LogP contribution in [0.5, 0.6) is 0 Å². The number of hydrogen-bond acceptors (Lipinski definition) is 3. The maximum absolute atomic E-state index is 11.8. The van der Waals surface area contributed by atoms with Crippen molar-refractivity contribution in [1.29, 1.82) is 0 Å². The van der Waals surface area contributed by atoms with Crippen molar-refractivity contribution >= 4 is 11.6 Å². The third kappa shape index (κ3) is 2.77. The number of rotatable bonds is 3. The van der Waals surface area contributed by atoms with Gasteiger partial charge in [-0.1, -0.05) is 26.0 Å². The van der Waals surface area contributed by atoms with E-state index in [0.717, 1.165) is 5.69 Å². The van der Waals surface area contributed by atoms with Gasteiger partial charge in [0.2, 0.25) is 0 Å². The van der Waals surface area contributed by atoms with Crippen LogP contribution in [0, 0.1) is 6.92 Å². The van der Waals surface area contributed by atoms with Gasteiger partial charge in [0.05, 0.1) is 6.20 Å². The van der Waals surface area contributed by atoms with E-state index in [2.05, 4.69) is 24.1 Å². The number of oxazole rings is 1. The van der Waals surface area contributed by atoms with E-state index in [0.29, 0.717) is 11.7 Å². The number of nitrogens with one attached hydrogen (secondary N) is 1. The van der Waals surface area contributed by atoms with Crippen molar-refractivity contribution in [1.82, 2.24) is 4.98 Å². The zero-order valence-corrected chi connectivity index (χ0v) is 10.7. The van der Waals surface area contributed by atoms with Gasteiger partial charge in [-0.05, 0) is 30.5 Å². The molecule has 2 rings (SSSR count). The van der Waals surface area contributed by atoms with Gasteiger partial charge in [0, 0.05) is 5.69 Å². The molecule has 94 valence electrons. The monoisotopic (exact) mass is 244 g/mol. The van der Waals surface area contributed by atoms with Gasteiger partial charge < -0.3 is 9.73 Å². The first-order chi connectivity index (χ1) is 8.56. The fraction of sp³-hybridized carbons (Fsp3) is 0.286. The van der Waals surface area contributed by atoms with Gasteiger partial charge in [0.1, 0.15) is 5.76 Å². The first-order valence-electron chi connectivity index (χ1n) is 5.90. The lowest BCUT2D eigenvalue weighted by atomic mass is 10.0. The molecule has 0 aliphatic rings. The zero-order chi connectivity index (χ0) is 13.1. The third-order valence-corrected chi connectivity index (χ3v) is 2.65. The Hall–Kier alpha value is -2.10. The Kier molecular flexibility index (Phi) is 3.46. The smallest absolute Gasteiger partial charge is 0.311 e. The molecule has 0 radical (unpaired) electrons. The summed E-state index contributed by atoms with van der Waals surface area (Å²) in [6.07, 6.45) is 1.52. The number of nitrogens with zero attached hydrogens (tertiary/aromatic N) is 1. The van der Waals surface area contributed by atoms with E-state index in [1.165, 1.54) is 11.8 Å². The topological polar surface area (TPSA) is 55.1 Å². The molecule has 0 aliphatic heterocycles. The molecule has 1 amide bonds. The van der Waals surface area contributed by atoms with Gasteiger partial charge in [0.15, 0.2) is 0 Å². The predicted molar refractivity (Wildman–Crippen MR) is 69.7 cm³/mol. The maximum Gasteiger partial charge on any atom is 0.311 e. The molecule has 1 N–H and O–H groups in total. The summed E-state index contributed by atoms with van der Waals surface area (Å²) in [5.41, 5.74) is 1.97. The molecule has 18 heavy (non-hydrogen) atoms. The van der Waals surface area contributed by atoms with Crippen LogP contribution in [-0.2, 0) is 0 Å². The van der Waals surface area contributed by atoms with E-state index in [4.69, 9.17) is 4.42 Å². The zero-order valence-electron chi connectivity index (χ0n) is 10.7. The van der Waals surface area contributed by atoms with Crippen molar-refractivity contribution in [2.75, 3.05) is 5.32 Å². The molecular formula is C14H16N2O2. The lowest BCUT2D eigenvalue weighted by molar-refractivity contribution is 0.0989. The van der Waals surface area contributed by atoms with Crippen molar-refractivity contribution in [3.05, 3.63) is 47.7 Å². The number of carbonyl (C=O) groups is 1. The highest BCUT2D eigenvalue weighted by Crippen LogP contribution is 2.17. The number of anilines is 1. The van der Waals surface area contributed by atoms with Crippen molar-refractivity contribution in [3.8, 4) is 0 Å². The van der Waals surface area contributed by atoms with Gasteiger partial charge in [-0.2, -0.15) is 0 Å². The average molecular weight is 244 g/mol. The molecular weight excluding hydrogens is 228 g/mol. The highest BCUT2D eigenvalue weighted by atomic mass is 16.4. The summed E-state index contributed by atoms with van der Waals surface area (Å²) in [5, 5.41) is 2.74. The number of aryl methyl sites for hydroxylation is 1. The molecule has 4 nitrogen and oxygen atoms in total. The molecule has 0 fully saturated rings. The molecule has 1 aromatic carbocycles. The SMILES string of the molecule is Cc1cnc(C(=O)Nc2ccc(C(C)C)cc2)o1. The van der Waals surface area contributed by atoms with E-state index in [9.17, 15) is 4.79 Å². The van der Waals surface area contributed by atoms with Crippen LogP contribution in [0.4, 0.5) is 5.69 Å². The second-order valence-corrected chi connectivity index (χ2v) is 4.51. The first-order valence-corrected chi connectivity index (χ1v) is 5.90. The van der Waals surface area contributed by atoms with Crippen LogP contribution in [0.3, 0.4) is 0 Å². The molecule has 0 saturated carbocycles. The Bertz CT molecular complexity index is 541. The first kappa shape index (κ1) is 12.4. The summed E-state index contributed by atoms with van der Waals surface area (Å²) >= 11 is 0. The van der Waals surface area contributed by atoms with E-state index in [-0.39, 0.29) is 11.8 Å². The van der Waals surface area contributed by atoms with Gasteiger partial charge in [-0.3, -0.25) is 4.79 Å². The molecule has 0 spiro atoms. The number of benzene rings is 1. The Morgan fingerprint density at radius 1 is 1.28 bits per heavy atom. The van der Waals surface area contributed by atoms with Crippen molar-refractivity contribution < 1.29 is 9.21 Å². The van der Waals surface area contributed by atoms with E-state index in [1.807, 2.05) is 24.3 Å². The Morgan fingerprint density at radius 2 is 1.94 bits per heavy atom. The van der Waals surface area contributed by atoms with Crippen LogP contribution >= 0.6 is 0 Å². The highest BCUT2D eigenvalue weighted by Gasteiger charge is 2.12. The Labute approximate surface area is 106 Å². The number of aromatic nitrogens is 1. The van der Waals surface area contributed by atoms with Crippen LogP contribution in [0.1, 0.15) is 41.8 Å². The number of amides is 1. The number of hydrogen-bond donors (Lipinski definition) is 1. The maximum atomic E-state index is 11.8. The minimum Gasteiger partial charge on any atom is -0.438 e. The summed E-state index contributed by atoms with van der Waals surface area (Å²) in [6.45, 7) is 6.01. The fourth-order valence-corrected chi connectivity index (χ4v) is 1.60. The van der Waals surface area contributed by atoms with Crippen molar-refractivity contribution in [3.63, 3.8) is 0 Å². The van der Waals surface area contributed by atoms with Crippen molar-refractivity contribution in [2.24, 2.45) is 0 Å². The van der Waals surface area contributed by atoms with Crippen LogP contribution in [0.2, 0.25) is 0 Å². The molecule has 2 aromatic rings. The van der Waals surface area contributed by atoms with Gasteiger partial charge in [-0.15, -0.1) is 0 Å². The van der Waals surface area contributed by atoms with Crippen LogP contribution in [-0.4, -0.2) is 10.9 Å². The van der Waals surface area contributed by atoms with Crippen LogP contribution in [0.25, 0.3) is 0 Å². The second kappa shape index (κ2) is 5.04. The van der Waals surface area contributed by atoms with Gasteiger partial charge in [0.25, 0.3) is 5.89 Å². The lowest BCUT2D eigenvalue weighted by Crippen LogP contribution is -2.12. The Balaban J connectivity index is 2.07. The van der Waals surface area contributed by atoms with Gasteiger partial charge in [-0.25, -0.2) is 4.98 Å². The highest BCUT2D eigenvalue weighted by molar-refractivity contribution is 6.00. The largest absolute Gasteiger partial charge is 0.438 e. The summed E-state index contributed by atoms with van der Waals surface area (Å²) < 4.78 is 5.16. The summed E-state index contributed by atoms with van der Waals surface area (Å²) in [6, 6.07) is 7.76. The molecule has 0 aliphatic carbocycles. The second-order valence-electron chi connectivity index (χ2n) is 4.51. The molecule has 0 unspecified atom stereocenters. The quantitative estimate of drug-likeness (QED) is 0.900. The molecule has 4 heteroatoms. The minimum absolute atomic E-state index is 0.0837. The van der Waals surface area contributed by atoms with Crippen LogP contribution < -0.4 is 5.32 Å². The normalized spacial score (nSPS) is 10.7. The Morgan fingerprint density at radius 3 is 2.44 bits per heavy atom. The molecule has 0 bridgehead atoms. The average Bonchev–Trinajstić information content (AvgIpc) is 2.76. The van der Waals surface area contributed by atoms with Gasteiger partial charge >= 0.3 is 5.91 Å². The van der Waals surface area contributed by atoms with E-state index >= 15 is 0 Å². The molecule has 0 saturated heterocycles. The van der Waals surface area contributed by atoms with Crippen LogP contribution in [0.15, 0.2) is 34.9 Å². The van der Waals surface area contributed by atoms with Crippen molar-refractivity contribution in [2.45, 2.75) is 26.7 Å². The third-order valence-electron chi connectivity index (χ3n) is 2.65. The fourth-order valence-electron chi connectivity index (χ4n) is 1.60. The van der Waals surface area contributed by atoms with E-state index < -0.39 is 0 Å².